The molecule has 3 aromatic carbocycles. The van der Waals surface area contributed by atoms with Gasteiger partial charge in [0.15, 0.2) is 5.17 Å². The van der Waals surface area contributed by atoms with Crippen molar-refractivity contribution in [3.63, 3.8) is 0 Å². The number of thioether (sulfide) groups is 1. The van der Waals surface area contributed by atoms with Gasteiger partial charge in [-0.15, -0.1) is 0 Å². The van der Waals surface area contributed by atoms with E-state index >= 15 is 0 Å². The third-order valence-corrected chi connectivity index (χ3v) is 7.87. The fraction of sp³-hybridized carbons (Fsp3) is 0.290. The summed E-state index contributed by atoms with van der Waals surface area (Å²) in [5.74, 6) is 0.845. The summed E-state index contributed by atoms with van der Waals surface area (Å²) >= 11 is 1.43. The number of hydrogen-bond donors (Lipinski definition) is 0. The van der Waals surface area contributed by atoms with Gasteiger partial charge in [-0.2, -0.15) is 0 Å². The Kier molecular flexibility index (Phi) is 7.01. The Morgan fingerprint density at radius 2 is 1.44 bits per heavy atom. The Balaban J connectivity index is 1.51. The van der Waals surface area contributed by atoms with E-state index in [1.807, 2.05) is 68.5 Å². The summed E-state index contributed by atoms with van der Waals surface area (Å²) in [4.78, 5) is 21.3. The van der Waals surface area contributed by atoms with Crippen LogP contribution in [0.5, 0.6) is 5.75 Å². The molecule has 1 saturated carbocycles. The molecule has 0 N–H and O–H groups in total. The topological polar surface area (TPSA) is 41.9 Å². The fourth-order valence-electron chi connectivity index (χ4n) is 4.97. The summed E-state index contributed by atoms with van der Waals surface area (Å²) < 4.78 is 6.11. The Bertz CT molecular complexity index is 1310. The van der Waals surface area contributed by atoms with Crippen LogP contribution in [0.4, 0.5) is 11.4 Å². The number of carbonyl (C=O) groups is 1. The number of aryl methyl sites for hydroxylation is 4. The Labute approximate surface area is 218 Å². The van der Waals surface area contributed by atoms with Crippen LogP contribution in [0.25, 0.3) is 6.08 Å². The second-order valence-corrected chi connectivity index (χ2v) is 10.7. The quantitative estimate of drug-likeness (QED) is 0.336. The second-order valence-electron chi connectivity index (χ2n) is 9.72. The predicted octanol–water partition coefficient (Wildman–Crippen LogP) is 8.05. The van der Waals surface area contributed by atoms with Crippen molar-refractivity contribution in [1.82, 2.24) is 0 Å². The van der Waals surface area contributed by atoms with Gasteiger partial charge in [0.25, 0.3) is 5.91 Å². The zero-order valence-electron chi connectivity index (χ0n) is 21.4. The van der Waals surface area contributed by atoms with Gasteiger partial charge in [-0.25, -0.2) is 4.99 Å². The molecule has 1 aliphatic heterocycles. The highest BCUT2D eigenvalue weighted by Gasteiger charge is 2.36. The molecule has 5 rings (SSSR count). The van der Waals surface area contributed by atoms with E-state index in [0.717, 1.165) is 57.8 Å². The van der Waals surface area contributed by atoms with Gasteiger partial charge in [0, 0.05) is 0 Å². The van der Waals surface area contributed by atoms with E-state index in [1.54, 1.807) is 4.90 Å². The number of para-hydroxylation sites is 2. The van der Waals surface area contributed by atoms with Gasteiger partial charge >= 0.3 is 0 Å². The third-order valence-electron chi connectivity index (χ3n) is 6.90. The maximum absolute atomic E-state index is 13.8. The summed E-state index contributed by atoms with van der Waals surface area (Å²) in [6.45, 7) is 8.20. The van der Waals surface area contributed by atoms with E-state index in [-0.39, 0.29) is 5.91 Å². The molecule has 0 bridgehead atoms. The third kappa shape index (κ3) is 4.98. The normalized spacial score (nSPS) is 18.6. The predicted molar refractivity (Wildman–Crippen MR) is 151 cm³/mol. The molecule has 1 aliphatic carbocycles. The zero-order valence-corrected chi connectivity index (χ0v) is 22.2. The average Bonchev–Trinajstić information content (AvgIpc) is 3.46. The van der Waals surface area contributed by atoms with Crippen molar-refractivity contribution in [1.29, 1.82) is 0 Å². The zero-order chi connectivity index (χ0) is 25.2. The van der Waals surface area contributed by atoms with Crippen molar-refractivity contribution in [2.24, 2.45) is 4.99 Å². The fourth-order valence-corrected chi connectivity index (χ4v) is 5.95. The number of benzene rings is 3. The van der Waals surface area contributed by atoms with E-state index in [1.165, 1.54) is 24.6 Å². The molecule has 0 aromatic heterocycles. The average molecular weight is 497 g/mol. The summed E-state index contributed by atoms with van der Waals surface area (Å²) in [5, 5.41) is 0.683. The van der Waals surface area contributed by atoms with Crippen LogP contribution in [-0.2, 0) is 4.79 Å². The van der Waals surface area contributed by atoms with Crippen LogP contribution in [0.3, 0.4) is 0 Å². The lowest BCUT2D eigenvalue weighted by molar-refractivity contribution is -0.113. The smallest absolute Gasteiger partial charge is 0.271 e. The second kappa shape index (κ2) is 10.4. The molecular weight excluding hydrogens is 464 g/mol. The first-order valence-corrected chi connectivity index (χ1v) is 13.4. The Hall–Kier alpha value is -3.31. The number of nitrogens with zero attached hydrogens (tertiary/aromatic N) is 2. The number of rotatable bonds is 5. The van der Waals surface area contributed by atoms with Crippen LogP contribution in [-0.4, -0.2) is 17.2 Å². The molecule has 1 heterocycles. The summed E-state index contributed by atoms with van der Waals surface area (Å²) in [7, 11) is 0. The number of carbonyl (C=O) groups excluding carboxylic acids is 1. The van der Waals surface area contributed by atoms with Crippen molar-refractivity contribution in [2.75, 3.05) is 4.90 Å². The minimum Gasteiger partial charge on any atom is -0.490 e. The first-order chi connectivity index (χ1) is 17.4. The first kappa shape index (κ1) is 24.4. The van der Waals surface area contributed by atoms with Gasteiger partial charge in [0.05, 0.1) is 22.4 Å². The molecule has 4 nitrogen and oxygen atoms in total. The largest absolute Gasteiger partial charge is 0.490 e. The van der Waals surface area contributed by atoms with Gasteiger partial charge in [-0.05, 0) is 111 Å². The number of aliphatic imine (C=N–C) groups is 1. The molecule has 1 saturated heterocycles. The van der Waals surface area contributed by atoms with Gasteiger partial charge < -0.3 is 4.74 Å². The van der Waals surface area contributed by atoms with Crippen LogP contribution >= 0.6 is 11.8 Å². The van der Waals surface area contributed by atoms with E-state index in [0.29, 0.717) is 16.2 Å². The molecule has 1 amide bonds. The molecule has 5 heteroatoms. The lowest BCUT2D eigenvalue weighted by atomic mass is 10.1. The molecule has 0 unspecified atom stereocenters. The molecule has 0 atom stereocenters. The van der Waals surface area contributed by atoms with Gasteiger partial charge in [-0.1, -0.05) is 48.5 Å². The van der Waals surface area contributed by atoms with Gasteiger partial charge in [0.1, 0.15) is 5.75 Å². The monoisotopic (exact) mass is 496 g/mol. The number of anilines is 1. The van der Waals surface area contributed by atoms with Crippen molar-refractivity contribution < 1.29 is 9.53 Å². The van der Waals surface area contributed by atoms with Crippen molar-refractivity contribution >= 4 is 40.3 Å². The Morgan fingerprint density at radius 1 is 0.861 bits per heavy atom. The Morgan fingerprint density at radius 3 is 2.06 bits per heavy atom. The molecule has 2 fully saturated rings. The van der Waals surface area contributed by atoms with Crippen molar-refractivity contribution in [3.05, 3.63) is 93.4 Å². The lowest BCUT2D eigenvalue weighted by Crippen LogP contribution is -2.30. The van der Waals surface area contributed by atoms with Crippen LogP contribution in [0.1, 0.15) is 53.5 Å². The number of ether oxygens (including phenoxy) is 1. The highest BCUT2D eigenvalue weighted by Crippen LogP contribution is 2.40. The molecular formula is C31H32N2O2S. The van der Waals surface area contributed by atoms with Crippen LogP contribution in [0.2, 0.25) is 0 Å². The molecule has 3 aromatic rings. The lowest BCUT2D eigenvalue weighted by Gasteiger charge is -2.21. The van der Waals surface area contributed by atoms with Crippen molar-refractivity contribution in [2.45, 2.75) is 59.5 Å². The van der Waals surface area contributed by atoms with Crippen LogP contribution in [0, 0.1) is 27.7 Å². The first-order valence-electron chi connectivity index (χ1n) is 12.6. The van der Waals surface area contributed by atoms with Gasteiger partial charge in [0.2, 0.25) is 0 Å². The number of hydrogen-bond acceptors (Lipinski definition) is 4. The van der Waals surface area contributed by atoms with Crippen LogP contribution < -0.4 is 9.64 Å². The molecule has 2 aliphatic rings. The minimum absolute atomic E-state index is 0.0475. The van der Waals surface area contributed by atoms with E-state index < -0.39 is 0 Å². The SMILES string of the molecule is Cc1cccc(C)c1N=C1S/C(=C\c2ccc(OC3CCCC3)cc2)C(=O)N1c1c(C)cccc1C. The van der Waals surface area contributed by atoms with E-state index in [9.17, 15) is 4.79 Å². The highest BCUT2D eigenvalue weighted by atomic mass is 32.2. The van der Waals surface area contributed by atoms with Crippen LogP contribution in [0.15, 0.2) is 70.6 Å². The van der Waals surface area contributed by atoms with Gasteiger partial charge in [-0.3, -0.25) is 9.69 Å². The summed E-state index contributed by atoms with van der Waals surface area (Å²) in [6, 6.07) is 20.3. The van der Waals surface area contributed by atoms with E-state index in [2.05, 4.69) is 26.0 Å². The number of amidine groups is 1. The number of amides is 1. The molecule has 0 radical (unpaired) electrons. The highest BCUT2D eigenvalue weighted by molar-refractivity contribution is 8.19. The maximum atomic E-state index is 13.8. The maximum Gasteiger partial charge on any atom is 0.271 e. The minimum atomic E-state index is -0.0475. The molecule has 0 spiro atoms. The van der Waals surface area contributed by atoms with Crippen molar-refractivity contribution in [3.8, 4) is 5.75 Å². The summed E-state index contributed by atoms with van der Waals surface area (Å²) in [6.07, 6.45) is 7.05. The van der Waals surface area contributed by atoms with E-state index in [4.69, 9.17) is 9.73 Å². The molecule has 184 valence electrons. The molecule has 36 heavy (non-hydrogen) atoms. The summed E-state index contributed by atoms with van der Waals surface area (Å²) in [5.41, 5.74) is 7.07. The standard InChI is InChI=1S/C31H32N2O2S/c1-20-9-7-10-21(2)28(20)32-31-33(29-22(3)11-8-12-23(29)4)30(34)27(36-31)19-24-15-17-26(18-16-24)35-25-13-5-6-14-25/h7-12,15-19,25H,5-6,13-14H2,1-4H3/b27-19-,32-31?.